The van der Waals surface area contributed by atoms with Crippen LogP contribution < -0.4 is 10.6 Å². The molecule has 0 spiro atoms. The van der Waals surface area contributed by atoms with E-state index >= 15 is 0 Å². The second-order valence-electron chi connectivity index (χ2n) is 6.53. The van der Waals surface area contributed by atoms with Crippen molar-refractivity contribution in [1.82, 2.24) is 10.6 Å². The van der Waals surface area contributed by atoms with Gasteiger partial charge in [0.25, 0.3) is 0 Å². The molecule has 1 aromatic carbocycles. The maximum absolute atomic E-state index is 12.2. The van der Waals surface area contributed by atoms with Crippen LogP contribution in [0.15, 0.2) is 30.3 Å². The van der Waals surface area contributed by atoms with Gasteiger partial charge in [-0.25, -0.2) is 4.79 Å². The van der Waals surface area contributed by atoms with E-state index in [1.807, 2.05) is 37.3 Å². The maximum atomic E-state index is 12.2. The summed E-state index contributed by atoms with van der Waals surface area (Å²) in [7, 11) is 2.45. The van der Waals surface area contributed by atoms with Gasteiger partial charge >= 0.3 is 11.9 Å². The number of ether oxygens (including phenoxy) is 2. The third-order valence-electron chi connectivity index (χ3n) is 4.31. The van der Waals surface area contributed by atoms with E-state index in [1.165, 1.54) is 14.2 Å². The molecule has 3 atom stereocenters. The summed E-state index contributed by atoms with van der Waals surface area (Å²) in [5, 5.41) is 5.36. The fraction of sp³-hybridized carbons (Fsp3) is 0.500. The standard InChI is InChI=1S/C20H28N2O6/c1-13(12-18(25)27-3)19(20(26)28-4)22-17(24)11-10-16(23)21-14(2)15-8-6-5-7-9-15/h5-9,13-14,19H,10-12H2,1-4H3,(H,21,23)(H,22,24)/t13-,14-,19-/m1/s1. The summed E-state index contributed by atoms with van der Waals surface area (Å²) in [6.45, 7) is 3.49. The molecule has 0 heterocycles. The zero-order valence-corrected chi connectivity index (χ0v) is 16.7. The van der Waals surface area contributed by atoms with Gasteiger partial charge in [-0.3, -0.25) is 14.4 Å². The van der Waals surface area contributed by atoms with Crippen LogP contribution in [-0.4, -0.2) is 44.0 Å². The summed E-state index contributed by atoms with van der Waals surface area (Å²) in [5.41, 5.74) is 0.961. The van der Waals surface area contributed by atoms with Crippen LogP contribution >= 0.6 is 0 Å². The van der Waals surface area contributed by atoms with Gasteiger partial charge in [0, 0.05) is 12.8 Å². The van der Waals surface area contributed by atoms with E-state index in [2.05, 4.69) is 15.4 Å². The number of methoxy groups -OCH3 is 2. The lowest BCUT2D eigenvalue weighted by molar-refractivity contribution is -0.148. The van der Waals surface area contributed by atoms with E-state index in [0.717, 1.165) is 5.56 Å². The monoisotopic (exact) mass is 392 g/mol. The summed E-state index contributed by atoms with van der Waals surface area (Å²) >= 11 is 0. The molecule has 154 valence electrons. The topological polar surface area (TPSA) is 111 Å². The first-order valence-electron chi connectivity index (χ1n) is 9.06. The van der Waals surface area contributed by atoms with Crippen molar-refractivity contribution in [3.05, 3.63) is 35.9 Å². The summed E-state index contributed by atoms with van der Waals surface area (Å²) in [4.78, 5) is 47.6. The lowest BCUT2D eigenvalue weighted by Crippen LogP contribution is -2.46. The molecule has 2 amide bonds. The number of rotatable bonds is 10. The SMILES string of the molecule is COC(=O)C[C@@H](C)[C@@H](NC(=O)CCC(=O)N[C@H](C)c1ccccc1)C(=O)OC. The first-order chi connectivity index (χ1) is 13.3. The molecule has 0 bridgehead atoms. The first-order valence-corrected chi connectivity index (χ1v) is 9.06. The van der Waals surface area contributed by atoms with Crippen molar-refractivity contribution in [2.24, 2.45) is 5.92 Å². The number of hydrogen-bond donors (Lipinski definition) is 2. The summed E-state index contributed by atoms with van der Waals surface area (Å²) in [6.07, 6.45) is -0.167. The molecule has 0 fully saturated rings. The van der Waals surface area contributed by atoms with Crippen molar-refractivity contribution in [2.45, 2.75) is 45.2 Å². The van der Waals surface area contributed by atoms with Gasteiger partial charge in [0.1, 0.15) is 6.04 Å². The van der Waals surface area contributed by atoms with Crippen molar-refractivity contribution in [2.75, 3.05) is 14.2 Å². The van der Waals surface area contributed by atoms with E-state index < -0.39 is 29.8 Å². The molecule has 28 heavy (non-hydrogen) atoms. The Labute approximate surface area is 165 Å². The van der Waals surface area contributed by atoms with Gasteiger partial charge in [0.05, 0.1) is 26.7 Å². The van der Waals surface area contributed by atoms with E-state index in [-0.39, 0.29) is 31.2 Å². The molecule has 8 nitrogen and oxygen atoms in total. The van der Waals surface area contributed by atoms with Gasteiger partial charge in [-0.2, -0.15) is 0 Å². The Hall–Kier alpha value is -2.90. The van der Waals surface area contributed by atoms with Crippen LogP contribution in [0.1, 0.15) is 44.7 Å². The Balaban J connectivity index is 2.54. The molecule has 0 saturated carbocycles. The first kappa shape index (κ1) is 23.1. The quantitative estimate of drug-likeness (QED) is 0.584. The number of benzene rings is 1. The van der Waals surface area contributed by atoms with Crippen molar-refractivity contribution in [1.29, 1.82) is 0 Å². The Morgan fingerprint density at radius 3 is 2.00 bits per heavy atom. The number of amides is 2. The minimum absolute atomic E-state index is 0.0255. The van der Waals surface area contributed by atoms with Gasteiger partial charge in [-0.15, -0.1) is 0 Å². The predicted molar refractivity (Wildman–Crippen MR) is 102 cm³/mol. The normalized spacial score (nSPS) is 13.6. The maximum Gasteiger partial charge on any atom is 0.328 e. The number of carbonyl (C=O) groups is 4. The van der Waals surface area contributed by atoms with Crippen LogP contribution in [0.3, 0.4) is 0 Å². The molecule has 8 heteroatoms. The largest absolute Gasteiger partial charge is 0.469 e. The second kappa shape index (κ2) is 11.7. The number of nitrogens with one attached hydrogen (secondary N) is 2. The Morgan fingerprint density at radius 2 is 1.46 bits per heavy atom. The highest BCUT2D eigenvalue weighted by Gasteiger charge is 2.29. The highest BCUT2D eigenvalue weighted by Crippen LogP contribution is 2.13. The van der Waals surface area contributed by atoms with Gasteiger partial charge in [0.2, 0.25) is 11.8 Å². The minimum Gasteiger partial charge on any atom is -0.469 e. The molecular weight excluding hydrogens is 364 g/mol. The fourth-order valence-corrected chi connectivity index (χ4v) is 2.64. The van der Waals surface area contributed by atoms with Crippen LogP contribution in [0, 0.1) is 5.92 Å². The van der Waals surface area contributed by atoms with E-state index in [0.29, 0.717) is 0 Å². The third kappa shape index (κ3) is 7.77. The number of esters is 2. The molecule has 1 aromatic rings. The smallest absolute Gasteiger partial charge is 0.328 e. The average Bonchev–Trinajstić information content (AvgIpc) is 2.70. The zero-order chi connectivity index (χ0) is 21.1. The van der Waals surface area contributed by atoms with Gasteiger partial charge in [0.15, 0.2) is 0 Å². The van der Waals surface area contributed by atoms with Crippen molar-refractivity contribution < 1.29 is 28.7 Å². The number of hydrogen-bond acceptors (Lipinski definition) is 6. The summed E-state index contributed by atoms with van der Waals surface area (Å²) in [6, 6.07) is 8.29. The Morgan fingerprint density at radius 1 is 0.893 bits per heavy atom. The minimum atomic E-state index is -0.997. The van der Waals surface area contributed by atoms with E-state index in [1.54, 1.807) is 6.92 Å². The van der Waals surface area contributed by atoms with Crippen LogP contribution in [0.5, 0.6) is 0 Å². The number of carbonyl (C=O) groups excluding carboxylic acids is 4. The second-order valence-corrected chi connectivity index (χ2v) is 6.53. The average molecular weight is 392 g/mol. The predicted octanol–water partition coefficient (Wildman–Crippen LogP) is 1.50. The zero-order valence-electron chi connectivity index (χ0n) is 16.7. The molecule has 0 unspecified atom stereocenters. The molecule has 1 rings (SSSR count). The Bertz CT molecular complexity index is 677. The third-order valence-corrected chi connectivity index (χ3v) is 4.31. The summed E-state index contributed by atoms with van der Waals surface area (Å²) in [5.74, 6) is -2.43. The van der Waals surface area contributed by atoms with Gasteiger partial charge in [-0.05, 0) is 18.4 Å². The molecular formula is C20H28N2O6. The molecule has 0 aromatic heterocycles. The van der Waals surface area contributed by atoms with Crippen LogP contribution in [0.4, 0.5) is 0 Å². The van der Waals surface area contributed by atoms with Crippen LogP contribution in [0.25, 0.3) is 0 Å². The lowest BCUT2D eigenvalue weighted by Gasteiger charge is -2.22. The molecule has 0 saturated heterocycles. The van der Waals surface area contributed by atoms with Crippen molar-refractivity contribution >= 4 is 23.8 Å². The molecule has 0 aliphatic heterocycles. The van der Waals surface area contributed by atoms with Gasteiger partial charge < -0.3 is 20.1 Å². The molecule has 0 aliphatic carbocycles. The van der Waals surface area contributed by atoms with Crippen LogP contribution in [-0.2, 0) is 28.7 Å². The highest BCUT2D eigenvalue weighted by atomic mass is 16.5. The molecule has 0 radical (unpaired) electrons. The molecule has 0 aliphatic rings. The Kier molecular flexibility index (Phi) is 9.70. The lowest BCUT2D eigenvalue weighted by atomic mass is 9.98. The fourth-order valence-electron chi connectivity index (χ4n) is 2.64. The van der Waals surface area contributed by atoms with E-state index in [4.69, 9.17) is 4.74 Å². The summed E-state index contributed by atoms with van der Waals surface area (Å²) < 4.78 is 9.28. The van der Waals surface area contributed by atoms with Crippen molar-refractivity contribution in [3.8, 4) is 0 Å². The van der Waals surface area contributed by atoms with E-state index in [9.17, 15) is 19.2 Å². The molecule has 2 N–H and O–H groups in total. The van der Waals surface area contributed by atoms with Crippen molar-refractivity contribution in [3.63, 3.8) is 0 Å². The van der Waals surface area contributed by atoms with Gasteiger partial charge in [-0.1, -0.05) is 37.3 Å². The highest BCUT2D eigenvalue weighted by molar-refractivity contribution is 5.88. The van der Waals surface area contributed by atoms with Crippen LogP contribution in [0.2, 0.25) is 0 Å².